The van der Waals surface area contributed by atoms with Crippen LogP contribution in [0.25, 0.3) is 10.9 Å². The molecule has 1 fully saturated rings. The summed E-state index contributed by atoms with van der Waals surface area (Å²) >= 11 is 0. The van der Waals surface area contributed by atoms with Gasteiger partial charge in [-0.2, -0.15) is 5.26 Å². The van der Waals surface area contributed by atoms with Crippen LogP contribution in [0.2, 0.25) is 0 Å². The number of para-hydroxylation sites is 1. The van der Waals surface area contributed by atoms with E-state index in [0.29, 0.717) is 24.0 Å². The molecule has 2 aromatic rings. The van der Waals surface area contributed by atoms with E-state index in [1.54, 1.807) is 6.07 Å². The normalized spacial score (nSPS) is 18.4. The van der Waals surface area contributed by atoms with Crippen molar-refractivity contribution in [3.8, 4) is 11.9 Å². The highest BCUT2D eigenvalue weighted by atomic mass is 16.5. The van der Waals surface area contributed by atoms with E-state index >= 15 is 0 Å². The molecule has 1 aromatic heterocycles. The van der Waals surface area contributed by atoms with Gasteiger partial charge in [-0.15, -0.1) is 0 Å². The summed E-state index contributed by atoms with van der Waals surface area (Å²) in [5.74, 6) is 1.08. The van der Waals surface area contributed by atoms with E-state index < -0.39 is 0 Å². The maximum Gasteiger partial charge on any atom is 0.215 e. The summed E-state index contributed by atoms with van der Waals surface area (Å²) < 4.78 is 5.74. The number of hydrogen-bond donors (Lipinski definition) is 1. The number of nitrogens with one attached hydrogen (secondary N) is 1. The Bertz CT molecular complexity index is 627. The maximum absolute atomic E-state index is 9.20. The Hall–Kier alpha value is -2.12. The third-order valence-corrected chi connectivity index (χ3v) is 3.44. The van der Waals surface area contributed by atoms with Crippen molar-refractivity contribution in [3.63, 3.8) is 0 Å². The predicted molar refractivity (Wildman–Crippen MR) is 72.9 cm³/mol. The van der Waals surface area contributed by atoms with Gasteiger partial charge in [0.2, 0.25) is 5.88 Å². The molecular formula is C15H15N3O. The second-order valence-electron chi connectivity index (χ2n) is 4.81. The molecule has 0 aliphatic carbocycles. The van der Waals surface area contributed by atoms with Crippen LogP contribution in [-0.2, 0) is 0 Å². The number of fused-ring (bicyclic) bond motifs is 1. The second kappa shape index (κ2) is 5.25. The van der Waals surface area contributed by atoms with Crippen molar-refractivity contribution in [1.29, 1.82) is 5.26 Å². The number of pyridine rings is 1. The Morgan fingerprint density at radius 1 is 1.42 bits per heavy atom. The molecule has 0 radical (unpaired) electrons. The van der Waals surface area contributed by atoms with Gasteiger partial charge >= 0.3 is 0 Å². The Labute approximate surface area is 112 Å². The highest BCUT2D eigenvalue weighted by molar-refractivity contribution is 5.85. The van der Waals surface area contributed by atoms with Crippen LogP contribution in [0.4, 0.5) is 0 Å². The SMILES string of the molecule is N#Cc1cc(OCC2CCNC2)nc2ccccc12. The molecule has 0 bridgehead atoms. The van der Waals surface area contributed by atoms with Crippen molar-refractivity contribution < 1.29 is 4.74 Å². The fourth-order valence-corrected chi connectivity index (χ4v) is 2.38. The first-order valence-electron chi connectivity index (χ1n) is 6.50. The topological polar surface area (TPSA) is 57.9 Å². The van der Waals surface area contributed by atoms with E-state index in [1.165, 1.54) is 0 Å². The van der Waals surface area contributed by atoms with Gasteiger partial charge in [0.15, 0.2) is 0 Å². The van der Waals surface area contributed by atoms with Crippen LogP contribution >= 0.6 is 0 Å². The van der Waals surface area contributed by atoms with Crippen molar-refractivity contribution in [2.24, 2.45) is 5.92 Å². The van der Waals surface area contributed by atoms with Gasteiger partial charge < -0.3 is 10.1 Å². The molecule has 4 nitrogen and oxygen atoms in total. The molecule has 19 heavy (non-hydrogen) atoms. The van der Waals surface area contributed by atoms with Gasteiger partial charge in [0, 0.05) is 23.9 Å². The summed E-state index contributed by atoms with van der Waals surface area (Å²) in [5, 5.41) is 13.4. The lowest BCUT2D eigenvalue weighted by molar-refractivity contribution is 0.252. The van der Waals surface area contributed by atoms with E-state index in [0.717, 1.165) is 30.4 Å². The molecule has 1 aromatic carbocycles. The Kier molecular flexibility index (Phi) is 3.30. The van der Waals surface area contributed by atoms with E-state index in [-0.39, 0.29) is 0 Å². The minimum absolute atomic E-state index is 0.541. The minimum Gasteiger partial charge on any atom is -0.477 e. The predicted octanol–water partition coefficient (Wildman–Crippen LogP) is 2.09. The zero-order chi connectivity index (χ0) is 13.1. The molecule has 3 rings (SSSR count). The number of ether oxygens (including phenoxy) is 1. The summed E-state index contributed by atoms with van der Waals surface area (Å²) in [6.45, 7) is 2.71. The number of aromatic nitrogens is 1. The number of benzene rings is 1. The Morgan fingerprint density at radius 2 is 2.32 bits per heavy atom. The Morgan fingerprint density at radius 3 is 3.11 bits per heavy atom. The van der Waals surface area contributed by atoms with Gasteiger partial charge in [-0.25, -0.2) is 4.98 Å². The highest BCUT2D eigenvalue weighted by Gasteiger charge is 2.15. The van der Waals surface area contributed by atoms with Crippen LogP contribution in [0.3, 0.4) is 0 Å². The monoisotopic (exact) mass is 253 g/mol. The fourth-order valence-electron chi connectivity index (χ4n) is 2.38. The average molecular weight is 253 g/mol. The molecule has 4 heteroatoms. The minimum atomic E-state index is 0.541. The summed E-state index contributed by atoms with van der Waals surface area (Å²) in [6.07, 6.45) is 1.14. The first-order valence-corrected chi connectivity index (χ1v) is 6.50. The third-order valence-electron chi connectivity index (χ3n) is 3.44. The van der Waals surface area contributed by atoms with Crippen LogP contribution in [0.1, 0.15) is 12.0 Å². The number of nitrogens with zero attached hydrogens (tertiary/aromatic N) is 2. The lowest BCUT2D eigenvalue weighted by Crippen LogP contribution is -2.15. The van der Waals surface area contributed by atoms with E-state index in [1.807, 2.05) is 24.3 Å². The molecule has 1 aliphatic rings. The molecule has 1 atom stereocenters. The summed E-state index contributed by atoms with van der Waals surface area (Å²) in [6, 6.07) is 11.6. The molecule has 96 valence electrons. The average Bonchev–Trinajstić information content (AvgIpc) is 2.97. The van der Waals surface area contributed by atoms with Crippen LogP contribution in [0, 0.1) is 17.2 Å². The van der Waals surface area contributed by atoms with Crippen LogP contribution < -0.4 is 10.1 Å². The van der Waals surface area contributed by atoms with E-state index in [4.69, 9.17) is 4.74 Å². The van der Waals surface area contributed by atoms with Gasteiger partial charge in [-0.05, 0) is 19.0 Å². The summed E-state index contributed by atoms with van der Waals surface area (Å²) in [7, 11) is 0. The third kappa shape index (κ3) is 2.51. The van der Waals surface area contributed by atoms with Gasteiger partial charge in [-0.1, -0.05) is 18.2 Å². The van der Waals surface area contributed by atoms with Crippen molar-refractivity contribution in [1.82, 2.24) is 10.3 Å². The first-order chi connectivity index (χ1) is 9.36. The number of rotatable bonds is 3. The smallest absolute Gasteiger partial charge is 0.215 e. The standard InChI is InChI=1S/C15H15N3O/c16-8-12-7-15(19-10-11-5-6-17-9-11)18-14-4-2-1-3-13(12)14/h1-4,7,11,17H,5-6,9-10H2. The molecule has 0 saturated carbocycles. The van der Waals surface area contributed by atoms with Gasteiger partial charge in [-0.3, -0.25) is 0 Å². The van der Waals surface area contributed by atoms with E-state index in [2.05, 4.69) is 16.4 Å². The van der Waals surface area contributed by atoms with Crippen molar-refractivity contribution in [2.75, 3.05) is 19.7 Å². The molecule has 1 unspecified atom stereocenters. The van der Waals surface area contributed by atoms with Gasteiger partial charge in [0.25, 0.3) is 0 Å². The lowest BCUT2D eigenvalue weighted by Gasteiger charge is -2.11. The van der Waals surface area contributed by atoms with Crippen LogP contribution in [-0.4, -0.2) is 24.7 Å². The van der Waals surface area contributed by atoms with E-state index in [9.17, 15) is 5.26 Å². The van der Waals surface area contributed by atoms with Crippen molar-refractivity contribution in [3.05, 3.63) is 35.9 Å². The largest absolute Gasteiger partial charge is 0.477 e. The second-order valence-corrected chi connectivity index (χ2v) is 4.81. The zero-order valence-corrected chi connectivity index (χ0v) is 10.6. The molecule has 1 aliphatic heterocycles. The summed E-state index contributed by atoms with van der Waals surface area (Å²) in [5.41, 5.74) is 1.42. The number of hydrogen-bond acceptors (Lipinski definition) is 4. The van der Waals surface area contributed by atoms with Gasteiger partial charge in [0.1, 0.15) is 6.07 Å². The van der Waals surface area contributed by atoms with Crippen molar-refractivity contribution in [2.45, 2.75) is 6.42 Å². The fraction of sp³-hybridized carbons (Fsp3) is 0.333. The lowest BCUT2D eigenvalue weighted by atomic mass is 10.1. The quantitative estimate of drug-likeness (QED) is 0.910. The Balaban J connectivity index is 1.85. The molecule has 0 spiro atoms. The van der Waals surface area contributed by atoms with Crippen LogP contribution in [0.5, 0.6) is 5.88 Å². The summed E-state index contributed by atoms with van der Waals surface area (Å²) in [4.78, 5) is 4.45. The molecule has 1 N–H and O–H groups in total. The number of nitriles is 1. The molecular weight excluding hydrogens is 238 g/mol. The molecule has 0 amide bonds. The maximum atomic E-state index is 9.20. The molecule has 1 saturated heterocycles. The van der Waals surface area contributed by atoms with Crippen molar-refractivity contribution >= 4 is 10.9 Å². The zero-order valence-electron chi connectivity index (χ0n) is 10.6. The van der Waals surface area contributed by atoms with Crippen LogP contribution in [0.15, 0.2) is 30.3 Å². The molecule has 2 heterocycles. The highest BCUT2D eigenvalue weighted by Crippen LogP contribution is 2.22. The first kappa shape index (κ1) is 11.9. The van der Waals surface area contributed by atoms with Gasteiger partial charge in [0.05, 0.1) is 17.7 Å².